The second kappa shape index (κ2) is 12.0. The summed E-state index contributed by atoms with van der Waals surface area (Å²) in [6.45, 7) is 2.14. The Morgan fingerprint density at radius 3 is 2.10 bits per heavy atom. The van der Waals surface area contributed by atoms with Crippen molar-refractivity contribution in [1.29, 1.82) is 0 Å². The number of anilines is 1. The van der Waals surface area contributed by atoms with Gasteiger partial charge in [0, 0.05) is 17.8 Å². The first-order valence-corrected chi connectivity index (χ1v) is 13.5. The third-order valence-corrected chi connectivity index (χ3v) is 7.40. The standard InChI is InChI=1S/C33H33N3O4/c1-3-40-31(37)24-14-18-28(19-15-24)36-23-22-30(34-32(36)38)35-33(25-10-6-4-7-11-25,26-12-8-5-9-13-26)27-16-20-29(39-2)21-17-27/h4-14,16-17,20-23,28H,3,15,18-19H2,1-2H3,(H,34,35,38)/t28-/m0/s1. The number of allylic oxidation sites excluding steroid dienone is 1. The highest BCUT2D eigenvalue weighted by molar-refractivity contribution is 5.88. The molecule has 4 aromatic rings. The molecule has 0 saturated carbocycles. The lowest BCUT2D eigenvalue weighted by atomic mass is 9.77. The van der Waals surface area contributed by atoms with E-state index in [2.05, 4.69) is 34.6 Å². The molecule has 204 valence electrons. The topological polar surface area (TPSA) is 82.4 Å². The van der Waals surface area contributed by atoms with Gasteiger partial charge in [0.1, 0.15) is 17.1 Å². The Bertz CT molecular complexity index is 1490. The number of hydrogen-bond acceptors (Lipinski definition) is 6. The Labute approximate surface area is 234 Å². The maximum Gasteiger partial charge on any atom is 0.349 e. The molecule has 0 unspecified atom stereocenters. The van der Waals surface area contributed by atoms with Crippen molar-refractivity contribution in [2.75, 3.05) is 19.0 Å². The van der Waals surface area contributed by atoms with Crippen LogP contribution in [0.25, 0.3) is 0 Å². The van der Waals surface area contributed by atoms with Crippen LogP contribution < -0.4 is 15.7 Å². The van der Waals surface area contributed by atoms with E-state index in [0.717, 1.165) is 22.4 Å². The van der Waals surface area contributed by atoms with Gasteiger partial charge in [-0.05, 0) is 61.1 Å². The lowest BCUT2D eigenvalue weighted by Gasteiger charge is -2.37. The van der Waals surface area contributed by atoms with Crippen molar-refractivity contribution >= 4 is 11.8 Å². The largest absolute Gasteiger partial charge is 0.497 e. The number of benzene rings is 3. The highest BCUT2D eigenvalue weighted by Crippen LogP contribution is 2.40. The van der Waals surface area contributed by atoms with Crippen LogP contribution in [0.15, 0.2) is 114 Å². The molecule has 0 fully saturated rings. The summed E-state index contributed by atoms with van der Waals surface area (Å²) in [5, 5.41) is 3.65. The molecule has 7 heteroatoms. The first kappa shape index (κ1) is 26.9. The van der Waals surface area contributed by atoms with E-state index in [1.165, 1.54) is 0 Å². The first-order valence-electron chi connectivity index (χ1n) is 13.5. The maximum atomic E-state index is 13.3. The fourth-order valence-corrected chi connectivity index (χ4v) is 5.37. The molecule has 0 spiro atoms. The van der Waals surface area contributed by atoms with E-state index >= 15 is 0 Å². The van der Waals surface area contributed by atoms with Gasteiger partial charge >= 0.3 is 11.7 Å². The summed E-state index contributed by atoms with van der Waals surface area (Å²) in [5.74, 6) is 0.943. The number of esters is 1. The van der Waals surface area contributed by atoms with Crippen LogP contribution in [0.5, 0.6) is 5.75 Å². The fraction of sp³-hybridized carbons (Fsp3) is 0.242. The molecule has 0 bridgehead atoms. The number of nitrogens with zero attached hydrogens (tertiary/aromatic N) is 2. The number of rotatable bonds is 9. The molecule has 5 rings (SSSR count). The lowest BCUT2D eigenvalue weighted by Crippen LogP contribution is -2.39. The summed E-state index contributed by atoms with van der Waals surface area (Å²) < 4.78 is 12.2. The smallest absolute Gasteiger partial charge is 0.349 e. The van der Waals surface area contributed by atoms with Crippen LogP contribution in [0.3, 0.4) is 0 Å². The van der Waals surface area contributed by atoms with Crippen molar-refractivity contribution in [3.63, 3.8) is 0 Å². The Morgan fingerprint density at radius 1 is 0.950 bits per heavy atom. The quantitative estimate of drug-likeness (QED) is 0.213. The molecule has 1 atom stereocenters. The Morgan fingerprint density at radius 2 is 1.57 bits per heavy atom. The third-order valence-electron chi connectivity index (χ3n) is 7.40. The summed E-state index contributed by atoms with van der Waals surface area (Å²) >= 11 is 0. The zero-order chi connectivity index (χ0) is 28.0. The average Bonchev–Trinajstić information content (AvgIpc) is 3.01. The molecule has 0 radical (unpaired) electrons. The van der Waals surface area contributed by atoms with E-state index in [1.807, 2.05) is 72.8 Å². The summed E-state index contributed by atoms with van der Waals surface area (Å²) in [7, 11) is 1.65. The molecular formula is C33H33N3O4. The van der Waals surface area contributed by atoms with Crippen LogP contribution in [0.1, 0.15) is 48.9 Å². The van der Waals surface area contributed by atoms with Crippen LogP contribution in [-0.4, -0.2) is 29.2 Å². The van der Waals surface area contributed by atoms with Gasteiger partial charge in [-0.2, -0.15) is 4.98 Å². The Kier molecular flexibility index (Phi) is 8.10. The third kappa shape index (κ3) is 5.41. The fourth-order valence-electron chi connectivity index (χ4n) is 5.37. The second-order valence-corrected chi connectivity index (χ2v) is 9.72. The summed E-state index contributed by atoms with van der Waals surface area (Å²) in [6.07, 6.45) is 5.48. The number of carbonyl (C=O) groups is 1. The zero-order valence-electron chi connectivity index (χ0n) is 22.7. The van der Waals surface area contributed by atoms with E-state index in [1.54, 1.807) is 24.8 Å². The SMILES string of the molecule is CCOC(=O)C1=CC[C@H](n2ccc(NC(c3ccccc3)(c3ccccc3)c3ccc(OC)cc3)nc2=O)CC1. The van der Waals surface area contributed by atoms with Gasteiger partial charge in [0.25, 0.3) is 0 Å². The van der Waals surface area contributed by atoms with Crippen molar-refractivity contribution in [3.05, 3.63) is 136 Å². The molecule has 3 aromatic carbocycles. The molecule has 0 saturated heterocycles. The molecular weight excluding hydrogens is 502 g/mol. The Hall–Kier alpha value is -4.65. The Balaban J connectivity index is 1.54. The van der Waals surface area contributed by atoms with Gasteiger partial charge < -0.3 is 14.8 Å². The minimum atomic E-state index is -0.831. The van der Waals surface area contributed by atoms with Crippen LogP contribution in [0.2, 0.25) is 0 Å². The van der Waals surface area contributed by atoms with E-state index < -0.39 is 5.54 Å². The molecule has 1 aromatic heterocycles. The second-order valence-electron chi connectivity index (χ2n) is 9.72. The zero-order valence-corrected chi connectivity index (χ0v) is 22.7. The van der Waals surface area contributed by atoms with Gasteiger partial charge in [-0.1, -0.05) is 78.9 Å². The van der Waals surface area contributed by atoms with Crippen LogP contribution in [-0.2, 0) is 15.1 Å². The van der Waals surface area contributed by atoms with Crippen LogP contribution >= 0.6 is 0 Å². The van der Waals surface area contributed by atoms with Crippen molar-refractivity contribution in [3.8, 4) is 5.75 Å². The van der Waals surface area contributed by atoms with E-state index in [9.17, 15) is 9.59 Å². The molecule has 7 nitrogen and oxygen atoms in total. The van der Waals surface area contributed by atoms with E-state index in [0.29, 0.717) is 37.3 Å². The predicted octanol–water partition coefficient (Wildman–Crippen LogP) is 5.87. The number of nitrogens with one attached hydrogen (secondary N) is 1. The number of ether oxygens (including phenoxy) is 2. The van der Waals surface area contributed by atoms with Crippen LogP contribution in [0.4, 0.5) is 5.82 Å². The molecule has 1 N–H and O–H groups in total. The lowest BCUT2D eigenvalue weighted by molar-refractivity contribution is -0.138. The summed E-state index contributed by atoms with van der Waals surface area (Å²) in [6, 6.07) is 30.0. The summed E-state index contributed by atoms with van der Waals surface area (Å²) in [5.41, 5.74) is 2.48. The molecule has 1 aliphatic carbocycles. The van der Waals surface area contributed by atoms with Crippen molar-refractivity contribution < 1.29 is 14.3 Å². The number of methoxy groups -OCH3 is 1. The molecule has 0 amide bonds. The van der Waals surface area contributed by atoms with Crippen LogP contribution in [0, 0.1) is 0 Å². The average molecular weight is 536 g/mol. The van der Waals surface area contributed by atoms with E-state index in [4.69, 9.17) is 9.47 Å². The molecule has 1 aliphatic rings. The van der Waals surface area contributed by atoms with Gasteiger partial charge in [0.2, 0.25) is 0 Å². The number of aromatic nitrogens is 2. The van der Waals surface area contributed by atoms with Gasteiger partial charge in [0.05, 0.1) is 13.7 Å². The van der Waals surface area contributed by atoms with Crippen molar-refractivity contribution in [2.45, 2.75) is 37.8 Å². The minimum Gasteiger partial charge on any atom is -0.497 e. The first-order chi connectivity index (χ1) is 19.5. The predicted molar refractivity (Wildman–Crippen MR) is 155 cm³/mol. The van der Waals surface area contributed by atoms with Gasteiger partial charge in [-0.15, -0.1) is 0 Å². The highest BCUT2D eigenvalue weighted by Gasteiger charge is 2.37. The normalized spacial score (nSPS) is 15.2. The number of hydrogen-bond donors (Lipinski definition) is 1. The van der Waals surface area contributed by atoms with E-state index in [-0.39, 0.29) is 17.7 Å². The maximum absolute atomic E-state index is 13.3. The van der Waals surface area contributed by atoms with Gasteiger partial charge in [-0.25, -0.2) is 9.59 Å². The van der Waals surface area contributed by atoms with Crippen molar-refractivity contribution in [2.24, 2.45) is 0 Å². The van der Waals surface area contributed by atoms with Gasteiger partial charge in [-0.3, -0.25) is 4.57 Å². The molecule has 40 heavy (non-hydrogen) atoms. The number of carbonyl (C=O) groups excluding carboxylic acids is 1. The van der Waals surface area contributed by atoms with Crippen molar-refractivity contribution in [1.82, 2.24) is 9.55 Å². The summed E-state index contributed by atoms with van der Waals surface area (Å²) in [4.78, 5) is 29.9. The van der Waals surface area contributed by atoms with Gasteiger partial charge in [0.15, 0.2) is 0 Å². The monoisotopic (exact) mass is 535 g/mol. The highest BCUT2D eigenvalue weighted by atomic mass is 16.5. The minimum absolute atomic E-state index is 0.0678. The molecule has 1 heterocycles. The molecule has 0 aliphatic heterocycles.